The van der Waals surface area contributed by atoms with Crippen LogP contribution in [0.4, 0.5) is 10.6 Å². The van der Waals surface area contributed by atoms with Gasteiger partial charge in [0, 0.05) is 60.1 Å². The van der Waals surface area contributed by atoms with Crippen LogP contribution in [0.3, 0.4) is 0 Å². The topological polar surface area (TPSA) is 87.1 Å². The number of amides is 1. The molecule has 0 aliphatic carbocycles. The van der Waals surface area contributed by atoms with Crippen molar-refractivity contribution in [2.75, 3.05) is 31.1 Å². The number of aromatic nitrogens is 2. The molecule has 3 aromatic rings. The first-order valence-corrected chi connectivity index (χ1v) is 9.62. The highest BCUT2D eigenvalue weighted by molar-refractivity contribution is 6.36. The molecule has 1 aromatic carbocycles. The Morgan fingerprint density at radius 1 is 1.14 bits per heavy atom. The highest BCUT2D eigenvalue weighted by Crippen LogP contribution is 2.34. The number of benzene rings is 1. The Morgan fingerprint density at radius 3 is 2.54 bits per heavy atom. The molecule has 28 heavy (non-hydrogen) atoms. The van der Waals surface area contributed by atoms with E-state index in [1.165, 1.54) is 4.90 Å². The molecule has 0 unspecified atom stereocenters. The normalized spacial score (nSPS) is 14.7. The number of anilines is 1. The van der Waals surface area contributed by atoms with E-state index in [9.17, 15) is 4.79 Å². The maximum atomic E-state index is 11.1. The summed E-state index contributed by atoms with van der Waals surface area (Å²) in [7, 11) is 0. The maximum Gasteiger partial charge on any atom is 0.407 e. The number of carboxylic acid groups (broad SMARTS) is 1. The zero-order valence-electron chi connectivity index (χ0n) is 15.0. The lowest BCUT2D eigenvalue weighted by Gasteiger charge is -2.34. The van der Waals surface area contributed by atoms with Gasteiger partial charge in [-0.1, -0.05) is 29.3 Å². The Hall–Kier alpha value is -2.48. The predicted molar refractivity (Wildman–Crippen MR) is 110 cm³/mol. The Morgan fingerprint density at radius 2 is 1.89 bits per heavy atom. The summed E-state index contributed by atoms with van der Waals surface area (Å²) in [5, 5.41) is 10.3. The fraction of sp³-hybridized carbons (Fsp3) is 0.263. The van der Waals surface area contributed by atoms with Gasteiger partial charge in [-0.3, -0.25) is 4.40 Å². The fourth-order valence-corrected chi connectivity index (χ4v) is 4.04. The number of hydrogen-bond acceptors (Lipinski definition) is 4. The van der Waals surface area contributed by atoms with Gasteiger partial charge in [-0.05, 0) is 23.8 Å². The van der Waals surface area contributed by atoms with Crippen LogP contribution in [0, 0.1) is 0 Å². The molecule has 1 amide bonds. The minimum Gasteiger partial charge on any atom is -0.465 e. The summed E-state index contributed by atoms with van der Waals surface area (Å²) >= 11 is 12.5. The second kappa shape index (κ2) is 7.50. The van der Waals surface area contributed by atoms with Crippen LogP contribution in [-0.4, -0.2) is 51.7 Å². The van der Waals surface area contributed by atoms with Gasteiger partial charge in [-0.2, -0.15) is 0 Å². The lowest BCUT2D eigenvalue weighted by atomic mass is 10.0. The van der Waals surface area contributed by atoms with Crippen molar-refractivity contribution in [2.45, 2.75) is 6.54 Å². The van der Waals surface area contributed by atoms with Gasteiger partial charge in [-0.15, -0.1) is 0 Å². The van der Waals surface area contributed by atoms with E-state index in [0.717, 1.165) is 28.2 Å². The number of pyridine rings is 1. The number of rotatable bonds is 3. The van der Waals surface area contributed by atoms with Gasteiger partial charge in [0.05, 0.1) is 6.20 Å². The van der Waals surface area contributed by atoms with E-state index in [1.54, 1.807) is 18.3 Å². The van der Waals surface area contributed by atoms with E-state index in [2.05, 4.69) is 9.88 Å². The van der Waals surface area contributed by atoms with Gasteiger partial charge in [0.25, 0.3) is 0 Å². The molecule has 4 rings (SSSR count). The van der Waals surface area contributed by atoms with Crippen molar-refractivity contribution in [1.82, 2.24) is 14.3 Å². The van der Waals surface area contributed by atoms with Gasteiger partial charge in [-0.25, -0.2) is 9.78 Å². The summed E-state index contributed by atoms with van der Waals surface area (Å²) in [5.41, 5.74) is 9.46. The molecule has 1 fully saturated rings. The van der Waals surface area contributed by atoms with Crippen molar-refractivity contribution < 1.29 is 9.90 Å². The van der Waals surface area contributed by atoms with Gasteiger partial charge < -0.3 is 20.6 Å². The number of carbonyl (C=O) groups is 1. The predicted octanol–water partition coefficient (Wildman–Crippen LogP) is 3.57. The van der Waals surface area contributed by atoms with Crippen LogP contribution in [0.5, 0.6) is 0 Å². The SMILES string of the molecule is NCc1cc2ncc(N3CCN(C(=O)O)CC3)n2cc1-c1ccc(Cl)cc1Cl. The minimum atomic E-state index is -0.884. The molecule has 0 bridgehead atoms. The molecule has 3 N–H and O–H groups in total. The molecule has 1 aliphatic heterocycles. The van der Waals surface area contributed by atoms with Crippen molar-refractivity contribution in [3.8, 4) is 11.1 Å². The fourth-order valence-electron chi connectivity index (χ4n) is 3.53. The van der Waals surface area contributed by atoms with Crippen LogP contribution in [0.25, 0.3) is 16.8 Å². The Kier molecular flexibility index (Phi) is 5.05. The number of hydrogen-bond donors (Lipinski definition) is 2. The molecule has 0 atom stereocenters. The second-order valence-electron chi connectivity index (χ2n) is 6.64. The van der Waals surface area contributed by atoms with Crippen LogP contribution >= 0.6 is 23.2 Å². The van der Waals surface area contributed by atoms with E-state index in [-0.39, 0.29) is 0 Å². The van der Waals surface area contributed by atoms with Crippen molar-refractivity contribution in [2.24, 2.45) is 5.73 Å². The third-order valence-electron chi connectivity index (χ3n) is 5.03. The zero-order chi connectivity index (χ0) is 19.8. The highest BCUT2D eigenvalue weighted by Gasteiger charge is 2.23. The Labute approximate surface area is 171 Å². The summed E-state index contributed by atoms with van der Waals surface area (Å²) in [5.74, 6) is 0.912. The lowest BCUT2D eigenvalue weighted by Crippen LogP contribution is -2.48. The molecule has 146 valence electrons. The van der Waals surface area contributed by atoms with E-state index in [0.29, 0.717) is 42.8 Å². The van der Waals surface area contributed by atoms with E-state index in [4.69, 9.17) is 34.0 Å². The van der Waals surface area contributed by atoms with Crippen molar-refractivity contribution in [3.63, 3.8) is 0 Å². The summed E-state index contributed by atoms with van der Waals surface area (Å²) in [6.45, 7) is 2.48. The Balaban J connectivity index is 1.76. The number of nitrogens with zero attached hydrogens (tertiary/aromatic N) is 4. The number of fused-ring (bicyclic) bond motifs is 1. The molecule has 7 nitrogen and oxygen atoms in total. The summed E-state index contributed by atoms with van der Waals surface area (Å²) in [4.78, 5) is 19.2. The van der Waals surface area contributed by atoms with Crippen molar-refractivity contribution in [3.05, 3.63) is 52.3 Å². The van der Waals surface area contributed by atoms with Gasteiger partial charge in [0.1, 0.15) is 11.5 Å². The molecular formula is C19H19Cl2N5O2. The second-order valence-corrected chi connectivity index (χ2v) is 7.49. The van der Waals surface area contributed by atoms with Crippen LogP contribution in [0.1, 0.15) is 5.56 Å². The number of nitrogens with two attached hydrogens (primary N) is 1. The number of imidazole rings is 1. The first-order chi connectivity index (χ1) is 13.5. The van der Waals surface area contributed by atoms with E-state index in [1.807, 2.05) is 22.7 Å². The molecule has 1 saturated heterocycles. The van der Waals surface area contributed by atoms with E-state index >= 15 is 0 Å². The molecule has 2 aromatic heterocycles. The third-order valence-corrected chi connectivity index (χ3v) is 5.58. The van der Waals surface area contributed by atoms with E-state index < -0.39 is 6.09 Å². The summed E-state index contributed by atoms with van der Waals surface area (Å²) < 4.78 is 2.00. The molecule has 9 heteroatoms. The monoisotopic (exact) mass is 419 g/mol. The highest BCUT2D eigenvalue weighted by atomic mass is 35.5. The molecule has 0 spiro atoms. The molecule has 0 saturated carbocycles. The molecule has 0 radical (unpaired) electrons. The molecule has 1 aliphatic rings. The third kappa shape index (κ3) is 3.37. The molecular weight excluding hydrogens is 401 g/mol. The zero-order valence-corrected chi connectivity index (χ0v) is 16.5. The largest absolute Gasteiger partial charge is 0.465 e. The van der Waals surface area contributed by atoms with Crippen LogP contribution in [0.2, 0.25) is 10.0 Å². The van der Waals surface area contributed by atoms with Crippen molar-refractivity contribution >= 4 is 40.8 Å². The molecule has 3 heterocycles. The van der Waals surface area contributed by atoms with Crippen LogP contribution in [0.15, 0.2) is 36.7 Å². The first kappa shape index (κ1) is 18.9. The Bertz CT molecular complexity index is 1040. The lowest BCUT2D eigenvalue weighted by molar-refractivity contribution is 0.142. The van der Waals surface area contributed by atoms with Crippen molar-refractivity contribution in [1.29, 1.82) is 0 Å². The number of halogens is 2. The van der Waals surface area contributed by atoms with Gasteiger partial charge in [0.15, 0.2) is 0 Å². The quantitative estimate of drug-likeness (QED) is 0.677. The number of piperazine rings is 1. The van der Waals surface area contributed by atoms with Crippen LogP contribution < -0.4 is 10.6 Å². The standard InChI is InChI=1S/C19H19Cl2N5O2/c20-13-1-2-14(16(21)8-13)15-11-26-17(7-12(15)9-22)23-10-18(26)24-3-5-25(6-4-24)19(27)28/h1-2,7-8,10-11H,3-6,9,22H2,(H,27,28). The minimum absolute atomic E-state index is 0.351. The first-order valence-electron chi connectivity index (χ1n) is 8.86. The summed E-state index contributed by atoms with van der Waals surface area (Å²) in [6.07, 6.45) is 2.91. The smallest absolute Gasteiger partial charge is 0.407 e. The average Bonchev–Trinajstić information content (AvgIpc) is 3.10. The van der Waals surface area contributed by atoms with Crippen LogP contribution in [-0.2, 0) is 6.54 Å². The maximum absolute atomic E-state index is 11.1. The van der Waals surface area contributed by atoms with Gasteiger partial charge in [0.2, 0.25) is 0 Å². The summed E-state index contributed by atoms with van der Waals surface area (Å²) in [6, 6.07) is 7.35. The average molecular weight is 420 g/mol. The van der Waals surface area contributed by atoms with Gasteiger partial charge >= 0.3 is 6.09 Å².